The average Bonchev–Trinajstić information content (AvgIpc) is 3.54. The van der Waals surface area contributed by atoms with E-state index in [9.17, 15) is 13.2 Å². The Labute approximate surface area is 199 Å². The quantitative estimate of drug-likeness (QED) is 0.577. The molecule has 3 aromatic rings. The van der Waals surface area contributed by atoms with E-state index < -0.39 is 10.0 Å². The van der Waals surface area contributed by atoms with Crippen LogP contribution < -0.4 is 5.32 Å². The van der Waals surface area contributed by atoms with Gasteiger partial charge in [0.05, 0.1) is 17.9 Å². The molecule has 0 spiro atoms. The van der Waals surface area contributed by atoms with Crippen molar-refractivity contribution in [2.24, 2.45) is 5.92 Å². The minimum Gasteiger partial charge on any atom is -0.360 e. The first-order valence-corrected chi connectivity index (χ1v) is 13.2. The third kappa shape index (κ3) is 4.05. The number of para-hydroxylation sites is 1. The van der Waals surface area contributed by atoms with Crippen molar-refractivity contribution < 1.29 is 17.7 Å². The van der Waals surface area contributed by atoms with Gasteiger partial charge in [-0.2, -0.15) is 9.40 Å². The zero-order chi connectivity index (χ0) is 23.9. The van der Waals surface area contributed by atoms with E-state index in [1.807, 2.05) is 35.0 Å². The predicted molar refractivity (Wildman–Crippen MR) is 125 cm³/mol. The highest BCUT2D eigenvalue weighted by Crippen LogP contribution is 2.29. The van der Waals surface area contributed by atoms with Crippen molar-refractivity contribution in [2.45, 2.75) is 57.4 Å². The van der Waals surface area contributed by atoms with Gasteiger partial charge in [-0.3, -0.25) is 4.79 Å². The summed E-state index contributed by atoms with van der Waals surface area (Å²) in [6.45, 7) is 4.20. The highest BCUT2D eigenvalue weighted by molar-refractivity contribution is 7.89. The summed E-state index contributed by atoms with van der Waals surface area (Å²) in [4.78, 5) is 13.0. The summed E-state index contributed by atoms with van der Waals surface area (Å²) < 4.78 is 34.5. The number of carbonyl (C=O) groups is 1. The average molecular weight is 484 g/mol. The highest BCUT2D eigenvalue weighted by atomic mass is 32.2. The van der Waals surface area contributed by atoms with Crippen LogP contribution in [0.25, 0.3) is 5.69 Å². The first-order chi connectivity index (χ1) is 16.4. The van der Waals surface area contributed by atoms with Gasteiger partial charge in [0, 0.05) is 24.7 Å². The summed E-state index contributed by atoms with van der Waals surface area (Å²) in [7, 11) is -3.68. The number of nitrogens with zero attached hydrogens (tertiary/aromatic N) is 4. The van der Waals surface area contributed by atoms with E-state index >= 15 is 0 Å². The number of piperidine rings is 1. The van der Waals surface area contributed by atoms with Crippen molar-refractivity contribution in [1.82, 2.24) is 24.6 Å². The van der Waals surface area contributed by atoms with Crippen LogP contribution in [0, 0.1) is 19.8 Å². The number of sulfonamides is 1. The lowest BCUT2D eigenvalue weighted by Crippen LogP contribution is -2.43. The number of hydrogen-bond acceptors (Lipinski definition) is 6. The van der Waals surface area contributed by atoms with Crippen LogP contribution in [0.15, 0.2) is 39.8 Å². The minimum atomic E-state index is -3.68. The smallest absolute Gasteiger partial charge is 0.248 e. The number of aryl methyl sites for hydroxylation is 2. The van der Waals surface area contributed by atoms with Gasteiger partial charge in [-0.15, -0.1) is 0 Å². The third-order valence-electron chi connectivity index (χ3n) is 6.83. The highest BCUT2D eigenvalue weighted by Gasteiger charge is 2.35. The molecule has 1 N–H and O–H groups in total. The molecule has 0 radical (unpaired) electrons. The first kappa shape index (κ1) is 22.8. The molecule has 0 saturated carbocycles. The molecule has 0 bridgehead atoms. The van der Waals surface area contributed by atoms with Gasteiger partial charge >= 0.3 is 0 Å². The van der Waals surface area contributed by atoms with E-state index in [4.69, 9.17) is 9.62 Å². The third-order valence-corrected chi connectivity index (χ3v) is 8.98. The molecule has 0 unspecified atom stereocenters. The molecule has 5 rings (SSSR count). The fraction of sp³-hybridized carbons (Fsp3) is 0.458. The summed E-state index contributed by atoms with van der Waals surface area (Å²) in [5.41, 5.74) is 4.78. The topological polar surface area (TPSA) is 110 Å². The number of amides is 1. The summed E-state index contributed by atoms with van der Waals surface area (Å²) in [6.07, 6.45) is 4.02. The standard InChI is InChI=1S/C24H29N5O4S/c1-16-23(17(2)33-27-16)34(31,32)28-13-11-18(12-14-28)24(30)25-15-21-20-9-6-10-22(20)29(26-21)19-7-4-3-5-8-19/h3-5,7-8,18H,6,9-15H2,1-2H3,(H,25,30). The summed E-state index contributed by atoms with van der Waals surface area (Å²) >= 11 is 0. The lowest BCUT2D eigenvalue weighted by molar-refractivity contribution is -0.126. The van der Waals surface area contributed by atoms with Crippen LogP contribution in [-0.2, 0) is 34.2 Å². The van der Waals surface area contributed by atoms with E-state index in [1.165, 1.54) is 15.6 Å². The van der Waals surface area contributed by atoms with Crippen LogP contribution in [0.1, 0.15) is 47.7 Å². The zero-order valence-electron chi connectivity index (χ0n) is 19.5. The zero-order valence-corrected chi connectivity index (χ0v) is 20.3. The van der Waals surface area contributed by atoms with Crippen LogP contribution in [0.5, 0.6) is 0 Å². The molecule has 2 aliphatic rings. The predicted octanol–water partition coefficient (Wildman–Crippen LogP) is 2.68. The number of nitrogens with one attached hydrogen (secondary N) is 1. The Balaban J connectivity index is 1.22. The molecular weight excluding hydrogens is 454 g/mol. The van der Waals surface area contributed by atoms with Crippen LogP contribution >= 0.6 is 0 Å². The Morgan fingerprint density at radius 2 is 1.88 bits per heavy atom. The van der Waals surface area contributed by atoms with Gasteiger partial charge in [-0.05, 0) is 63.6 Å². The van der Waals surface area contributed by atoms with Crippen molar-refractivity contribution in [3.05, 3.63) is 58.7 Å². The molecule has 180 valence electrons. The van der Waals surface area contributed by atoms with E-state index in [1.54, 1.807) is 13.8 Å². The summed E-state index contributed by atoms with van der Waals surface area (Å²) in [5.74, 6) is 0.0237. The van der Waals surface area contributed by atoms with Gasteiger partial charge in [-0.1, -0.05) is 23.4 Å². The molecule has 9 nitrogen and oxygen atoms in total. The Morgan fingerprint density at radius 1 is 1.15 bits per heavy atom. The largest absolute Gasteiger partial charge is 0.360 e. The number of fused-ring (bicyclic) bond motifs is 1. The number of benzene rings is 1. The van der Waals surface area contributed by atoms with Crippen molar-refractivity contribution >= 4 is 15.9 Å². The second-order valence-corrected chi connectivity index (χ2v) is 10.9. The van der Waals surface area contributed by atoms with Crippen LogP contribution in [-0.4, -0.2) is 46.7 Å². The van der Waals surface area contributed by atoms with E-state index in [0.717, 1.165) is 30.6 Å². The number of hydrogen-bond donors (Lipinski definition) is 1. The molecule has 34 heavy (non-hydrogen) atoms. The van der Waals surface area contributed by atoms with Gasteiger partial charge in [-0.25, -0.2) is 13.1 Å². The molecule has 1 saturated heterocycles. The second kappa shape index (κ2) is 8.99. The summed E-state index contributed by atoms with van der Waals surface area (Å²) in [6, 6.07) is 10.1. The molecule has 1 amide bonds. The van der Waals surface area contributed by atoms with E-state index in [0.29, 0.717) is 43.9 Å². The molecule has 10 heteroatoms. The Kier molecular flexibility index (Phi) is 6.03. The molecule has 3 heterocycles. The summed E-state index contributed by atoms with van der Waals surface area (Å²) in [5, 5.41) is 11.6. The Morgan fingerprint density at radius 3 is 2.56 bits per heavy atom. The first-order valence-electron chi connectivity index (χ1n) is 11.7. The van der Waals surface area contributed by atoms with Gasteiger partial charge in [0.1, 0.15) is 10.6 Å². The van der Waals surface area contributed by atoms with Crippen molar-refractivity contribution in [3.63, 3.8) is 0 Å². The molecule has 1 aromatic carbocycles. The van der Waals surface area contributed by atoms with Crippen LogP contribution in [0.3, 0.4) is 0 Å². The molecule has 2 aromatic heterocycles. The Bertz CT molecular complexity index is 1290. The molecule has 1 aliphatic heterocycles. The van der Waals surface area contributed by atoms with Crippen molar-refractivity contribution in [2.75, 3.05) is 13.1 Å². The lowest BCUT2D eigenvalue weighted by Gasteiger charge is -2.30. The SMILES string of the molecule is Cc1noc(C)c1S(=O)(=O)N1CCC(C(=O)NCc2nn(-c3ccccc3)c3c2CCC3)CC1. The van der Waals surface area contributed by atoms with Crippen molar-refractivity contribution in [3.8, 4) is 5.69 Å². The van der Waals surface area contributed by atoms with Gasteiger partial charge in [0.2, 0.25) is 15.9 Å². The maximum absolute atomic E-state index is 13.0. The fourth-order valence-electron chi connectivity index (χ4n) is 5.08. The number of carbonyl (C=O) groups excluding carboxylic acids is 1. The maximum Gasteiger partial charge on any atom is 0.248 e. The normalized spacial score (nSPS) is 17.1. The Hall–Kier alpha value is -2.98. The monoisotopic (exact) mass is 483 g/mol. The molecule has 1 aliphatic carbocycles. The molecular formula is C24H29N5O4S. The molecule has 0 atom stereocenters. The van der Waals surface area contributed by atoms with Crippen LogP contribution in [0.4, 0.5) is 0 Å². The maximum atomic E-state index is 13.0. The molecule has 1 fully saturated rings. The number of rotatable bonds is 6. The van der Waals surface area contributed by atoms with Crippen LogP contribution in [0.2, 0.25) is 0 Å². The van der Waals surface area contributed by atoms with Gasteiger partial charge in [0.15, 0.2) is 5.76 Å². The van der Waals surface area contributed by atoms with Crippen molar-refractivity contribution in [1.29, 1.82) is 0 Å². The van der Waals surface area contributed by atoms with E-state index in [-0.39, 0.29) is 16.7 Å². The van der Waals surface area contributed by atoms with Gasteiger partial charge in [0.25, 0.3) is 0 Å². The minimum absolute atomic E-state index is 0.0459. The lowest BCUT2D eigenvalue weighted by atomic mass is 9.97. The fourth-order valence-corrected chi connectivity index (χ4v) is 6.84. The second-order valence-electron chi connectivity index (χ2n) is 9.02. The van der Waals surface area contributed by atoms with E-state index in [2.05, 4.69) is 10.5 Å². The number of aromatic nitrogens is 3. The van der Waals surface area contributed by atoms with Gasteiger partial charge < -0.3 is 9.84 Å².